The molecule has 0 saturated heterocycles. The zero-order chi connectivity index (χ0) is 11.9. The predicted molar refractivity (Wildman–Crippen MR) is 59.2 cm³/mol. The summed E-state index contributed by atoms with van der Waals surface area (Å²) in [5, 5.41) is 9.18. The van der Waals surface area contributed by atoms with Crippen LogP contribution in [-0.4, -0.2) is 25.6 Å². The summed E-state index contributed by atoms with van der Waals surface area (Å²) in [6.07, 6.45) is 3.33. The van der Waals surface area contributed by atoms with Gasteiger partial charge in [0.05, 0.1) is 17.2 Å². The van der Waals surface area contributed by atoms with Crippen LogP contribution in [0.15, 0.2) is 18.5 Å². The molecule has 0 atom stereocenters. The zero-order valence-corrected chi connectivity index (χ0v) is 9.43. The minimum absolute atomic E-state index is 0.531. The second-order valence-corrected chi connectivity index (χ2v) is 4.29. The van der Waals surface area contributed by atoms with Crippen molar-refractivity contribution in [1.82, 2.24) is 14.5 Å². The molecule has 0 spiro atoms. The van der Waals surface area contributed by atoms with E-state index in [1.165, 1.54) is 0 Å². The van der Waals surface area contributed by atoms with Crippen LogP contribution in [0.4, 0.5) is 0 Å². The van der Waals surface area contributed by atoms with E-state index in [9.17, 15) is 9.90 Å². The molecule has 0 amide bonds. The zero-order valence-electron chi connectivity index (χ0n) is 9.43. The molecule has 0 fully saturated rings. The van der Waals surface area contributed by atoms with E-state index in [2.05, 4.69) is 9.97 Å². The first kappa shape index (κ1) is 10.6. The number of aryl methyl sites for hydroxylation is 1. The SMILES string of the molecule is Cn1c(C(C)(C)C(=O)O)nc2ccncc21. The van der Waals surface area contributed by atoms with Crippen LogP contribution >= 0.6 is 0 Å². The fourth-order valence-electron chi connectivity index (χ4n) is 1.69. The summed E-state index contributed by atoms with van der Waals surface area (Å²) in [7, 11) is 1.80. The third-order valence-electron chi connectivity index (χ3n) is 2.78. The monoisotopic (exact) mass is 219 g/mol. The molecule has 0 aliphatic rings. The van der Waals surface area contributed by atoms with Crippen molar-refractivity contribution in [3.05, 3.63) is 24.3 Å². The fraction of sp³-hybridized carbons (Fsp3) is 0.364. The lowest BCUT2D eigenvalue weighted by atomic mass is 9.93. The van der Waals surface area contributed by atoms with Crippen molar-refractivity contribution in [1.29, 1.82) is 0 Å². The highest BCUT2D eigenvalue weighted by Crippen LogP contribution is 2.25. The molecule has 0 radical (unpaired) electrons. The normalized spacial score (nSPS) is 11.9. The lowest BCUT2D eigenvalue weighted by Crippen LogP contribution is -2.31. The Balaban J connectivity index is 2.71. The van der Waals surface area contributed by atoms with Gasteiger partial charge in [0.2, 0.25) is 0 Å². The maximum Gasteiger partial charge on any atom is 0.316 e. The molecule has 16 heavy (non-hydrogen) atoms. The number of hydrogen-bond donors (Lipinski definition) is 1. The van der Waals surface area contributed by atoms with E-state index in [-0.39, 0.29) is 0 Å². The van der Waals surface area contributed by atoms with Crippen molar-refractivity contribution >= 4 is 17.0 Å². The van der Waals surface area contributed by atoms with Gasteiger partial charge in [-0.15, -0.1) is 0 Å². The third-order valence-corrected chi connectivity index (χ3v) is 2.78. The van der Waals surface area contributed by atoms with Gasteiger partial charge in [-0.3, -0.25) is 9.78 Å². The van der Waals surface area contributed by atoms with E-state index >= 15 is 0 Å². The largest absolute Gasteiger partial charge is 0.481 e. The molecule has 0 saturated carbocycles. The molecule has 0 aliphatic carbocycles. The Morgan fingerprint density at radius 2 is 2.19 bits per heavy atom. The molecule has 0 aliphatic heterocycles. The molecule has 0 unspecified atom stereocenters. The van der Waals surface area contributed by atoms with Crippen molar-refractivity contribution in [3.63, 3.8) is 0 Å². The van der Waals surface area contributed by atoms with E-state index in [1.54, 1.807) is 43.9 Å². The van der Waals surface area contributed by atoms with Gasteiger partial charge in [-0.05, 0) is 19.9 Å². The Kier molecular flexibility index (Phi) is 2.18. The summed E-state index contributed by atoms with van der Waals surface area (Å²) in [5.74, 6) is -0.359. The van der Waals surface area contributed by atoms with Crippen molar-refractivity contribution in [2.24, 2.45) is 7.05 Å². The number of carbonyl (C=O) groups is 1. The molecule has 2 heterocycles. The van der Waals surface area contributed by atoms with Gasteiger partial charge in [-0.1, -0.05) is 0 Å². The van der Waals surface area contributed by atoms with Crippen LogP contribution in [0.1, 0.15) is 19.7 Å². The van der Waals surface area contributed by atoms with Crippen molar-refractivity contribution in [2.45, 2.75) is 19.3 Å². The van der Waals surface area contributed by atoms with Gasteiger partial charge in [-0.2, -0.15) is 0 Å². The number of carboxylic acids is 1. The molecule has 84 valence electrons. The molecule has 5 nitrogen and oxygen atoms in total. The number of imidazole rings is 1. The van der Waals surface area contributed by atoms with Crippen LogP contribution in [0, 0.1) is 0 Å². The van der Waals surface area contributed by atoms with E-state index in [0.717, 1.165) is 11.0 Å². The van der Waals surface area contributed by atoms with Crippen LogP contribution < -0.4 is 0 Å². The van der Waals surface area contributed by atoms with Crippen LogP contribution in [0.25, 0.3) is 11.0 Å². The Hall–Kier alpha value is -1.91. The first-order chi connectivity index (χ1) is 7.44. The topological polar surface area (TPSA) is 68.0 Å². The minimum Gasteiger partial charge on any atom is -0.481 e. The van der Waals surface area contributed by atoms with Crippen LogP contribution in [0.3, 0.4) is 0 Å². The maximum atomic E-state index is 11.2. The average Bonchev–Trinajstić information content (AvgIpc) is 2.57. The summed E-state index contributed by atoms with van der Waals surface area (Å²) in [6, 6.07) is 1.77. The van der Waals surface area contributed by atoms with E-state index < -0.39 is 11.4 Å². The van der Waals surface area contributed by atoms with Gasteiger partial charge in [0, 0.05) is 13.2 Å². The predicted octanol–water partition coefficient (Wildman–Crippen LogP) is 1.33. The Labute approximate surface area is 92.8 Å². The molecule has 2 aromatic rings. The number of pyridine rings is 1. The van der Waals surface area contributed by atoms with Crippen LogP contribution in [-0.2, 0) is 17.3 Å². The Bertz CT molecular complexity index is 557. The fourth-order valence-corrected chi connectivity index (χ4v) is 1.69. The number of fused-ring (bicyclic) bond motifs is 1. The van der Waals surface area contributed by atoms with Crippen molar-refractivity contribution in [3.8, 4) is 0 Å². The van der Waals surface area contributed by atoms with Gasteiger partial charge in [0.25, 0.3) is 0 Å². The summed E-state index contributed by atoms with van der Waals surface area (Å²) in [4.78, 5) is 19.5. The number of carboxylic acid groups (broad SMARTS) is 1. The summed E-state index contributed by atoms with van der Waals surface area (Å²) < 4.78 is 1.77. The van der Waals surface area contributed by atoms with Gasteiger partial charge in [0.15, 0.2) is 0 Å². The molecule has 1 N–H and O–H groups in total. The number of aromatic nitrogens is 3. The van der Waals surface area contributed by atoms with E-state index in [1.807, 2.05) is 0 Å². The summed E-state index contributed by atoms with van der Waals surface area (Å²) in [5.41, 5.74) is 0.599. The average molecular weight is 219 g/mol. The smallest absolute Gasteiger partial charge is 0.316 e. The number of aliphatic carboxylic acids is 1. The molecular weight excluding hydrogens is 206 g/mol. The second kappa shape index (κ2) is 3.30. The summed E-state index contributed by atoms with van der Waals surface area (Å²) >= 11 is 0. The van der Waals surface area contributed by atoms with E-state index in [4.69, 9.17) is 0 Å². The van der Waals surface area contributed by atoms with Gasteiger partial charge in [-0.25, -0.2) is 4.98 Å². The number of rotatable bonds is 2. The van der Waals surface area contributed by atoms with Crippen molar-refractivity contribution < 1.29 is 9.90 Å². The Morgan fingerprint density at radius 1 is 1.50 bits per heavy atom. The Morgan fingerprint density at radius 3 is 2.75 bits per heavy atom. The van der Waals surface area contributed by atoms with E-state index in [0.29, 0.717) is 5.82 Å². The molecule has 0 aromatic carbocycles. The highest BCUT2D eigenvalue weighted by atomic mass is 16.4. The molecule has 5 heteroatoms. The van der Waals surface area contributed by atoms with Gasteiger partial charge in [0.1, 0.15) is 11.2 Å². The van der Waals surface area contributed by atoms with Crippen LogP contribution in [0.5, 0.6) is 0 Å². The highest BCUT2D eigenvalue weighted by Gasteiger charge is 2.34. The molecule has 2 rings (SSSR count). The standard InChI is InChI=1S/C11H13N3O2/c1-11(2,10(15)16)9-13-7-4-5-12-6-8(7)14(9)3/h4-6H,1-3H3,(H,15,16). The quantitative estimate of drug-likeness (QED) is 0.827. The molecule has 2 aromatic heterocycles. The highest BCUT2D eigenvalue weighted by molar-refractivity contribution is 5.82. The van der Waals surface area contributed by atoms with Gasteiger partial charge < -0.3 is 9.67 Å². The minimum atomic E-state index is -1.01. The first-order valence-electron chi connectivity index (χ1n) is 4.95. The maximum absolute atomic E-state index is 11.2. The lowest BCUT2D eigenvalue weighted by Gasteiger charge is -2.18. The number of hydrogen-bond acceptors (Lipinski definition) is 3. The molecule has 0 bridgehead atoms. The van der Waals surface area contributed by atoms with Gasteiger partial charge >= 0.3 is 5.97 Å². The molecular formula is C11H13N3O2. The third kappa shape index (κ3) is 1.36. The van der Waals surface area contributed by atoms with Crippen molar-refractivity contribution in [2.75, 3.05) is 0 Å². The van der Waals surface area contributed by atoms with Crippen LogP contribution in [0.2, 0.25) is 0 Å². The summed E-state index contributed by atoms with van der Waals surface area (Å²) in [6.45, 7) is 3.29. The number of nitrogens with zero attached hydrogens (tertiary/aromatic N) is 3. The lowest BCUT2D eigenvalue weighted by molar-refractivity contribution is -0.142. The second-order valence-electron chi connectivity index (χ2n) is 4.29. The first-order valence-corrected chi connectivity index (χ1v) is 4.95.